The van der Waals surface area contributed by atoms with Crippen molar-refractivity contribution < 1.29 is 13.2 Å². The summed E-state index contributed by atoms with van der Waals surface area (Å²) in [7, 11) is -3.54. The van der Waals surface area contributed by atoms with Crippen LogP contribution in [0.2, 0.25) is 10.0 Å². The van der Waals surface area contributed by atoms with E-state index >= 15 is 0 Å². The first-order valence-electron chi connectivity index (χ1n) is 7.69. The van der Waals surface area contributed by atoms with E-state index in [1.807, 2.05) is 6.92 Å². The van der Waals surface area contributed by atoms with Crippen molar-refractivity contribution in [2.24, 2.45) is 0 Å². The number of carbonyl (C=O) groups is 1. The van der Waals surface area contributed by atoms with E-state index in [4.69, 9.17) is 23.2 Å². The molecule has 2 aromatic rings. The molecule has 0 aliphatic carbocycles. The predicted molar refractivity (Wildman–Crippen MR) is 101 cm³/mol. The molecular weight excluding hydrogens is 383 g/mol. The Labute approximate surface area is 157 Å². The Hall–Kier alpha value is -1.60. The van der Waals surface area contributed by atoms with Crippen molar-refractivity contribution in [3.05, 3.63) is 58.1 Å². The molecular formula is C17H18Cl2N2O3S. The number of hydrogen-bond acceptors (Lipinski definition) is 3. The topological polar surface area (TPSA) is 75.3 Å². The monoisotopic (exact) mass is 400 g/mol. The first-order valence-corrected chi connectivity index (χ1v) is 9.93. The van der Waals surface area contributed by atoms with Crippen LogP contribution in [0.4, 0.5) is 5.69 Å². The predicted octanol–water partition coefficient (Wildman–Crippen LogP) is 4.32. The van der Waals surface area contributed by atoms with Gasteiger partial charge in [0.15, 0.2) is 0 Å². The number of rotatable bonds is 7. The van der Waals surface area contributed by atoms with Gasteiger partial charge in [-0.1, -0.05) is 36.5 Å². The second-order valence-corrected chi connectivity index (χ2v) is 7.94. The molecule has 8 heteroatoms. The van der Waals surface area contributed by atoms with Crippen molar-refractivity contribution in [3.63, 3.8) is 0 Å². The van der Waals surface area contributed by atoms with E-state index in [0.29, 0.717) is 22.8 Å². The van der Waals surface area contributed by atoms with Gasteiger partial charge < -0.3 is 5.32 Å². The average molecular weight is 401 g/mol. The number of anilines is 1. The highest BCUT2D eigenvalue weighted by Gasteiger charge is 2.14. The SMILES string of the molecule is CCCCNS(=O)(=O)c1ccc(NC(=O)c2ccc(Cl)c(Cl)c2)cc1. The molecule has 0 saturated heterocycles. The number of sulfonamides is 1. The largest absolute Gasteiger partial charge is 0.322 e. The quantitative estimate of drug-likeness (QED) is 0.679. The minimum absolute atomic E-state index is 0.149. The van der Waals surface area contributed by atoms with E-state index in [0.717, 1.165) is 12.8 Å². The van der Waals surface area contributed by atoms with Crippen molar-refractivity contribution in [2.45, 2.75) is 24.7 Å². The van der Waals surface area contributed by atoms with Gasteiger partial charge in [0, 0.05) is 17.8 Å². The Morgan fingerprint density at radius 1 is 1.04 bits per heavy atom. The zero-order chi connectivity index (χ0) is 18.4. The molecule has 0 spiro atoms. The average Bonchev–Trinajstić information content (AvgIpc) is 2.58. The third kappa shape index (κ3) is 5.44. The lowest BCUT2D eigenvalue weighted by molar-refractivity contribution is 0.102. The van der Waals surface area contributed by atoms with Crippen LogP contribution in [0.3, 0.4) is 0 Å². The van der Waals surface area contributed by atoms with Crippen LogP contribution in [-0.4, -0.2) is 20.9 Å². The molecule has 0 aliphatic heterocycles. The summed E-state index contributed by atoms with van der Waals surface area (Å²) in [5.74, 6) is -0.366. The summed E-state index contributed by atoms with van der Waals surface area (Å²) in [5.41, 5.74) is 0.830. The van der Waals surface area contributed by atoms with Gasteiger partial charge in [0.2, 0.25) is 10.0 Å². The molecule has 0 aliphatic rings. The fourth-order valence-electron chi connectivity index (χ4n) is 2.02. The number of benzene rings is 2. The second-order valence-electron chi connectivity index (χ2n) is 5.36. The van der Waals surface area contributed by atoms with Crippen LogP contribution >= 0.6 is 23.2 Å². The van der Waals surface area contributed by atoms with Crippen molar-refractivity contribution >= 4 is 44.8 Å². The Kier molecular flexibility index (Phi) is 6.84. The summed E-state index contributed by atoms with van der Waals surface area (Å²) >= 11 is 11.7. The molecule has 5 nitrogen and oxygen atoms in total. The Balaban J connectivity index is 2.07. The van der Waals surface area contributed by atoms with Crippen molar-refractivity contribution in [1.29, 1.82) is 0 Å². The summed E-state index contributed by atoms with van der Waals surface area (Å²) in [6, 6.07) is 10.5. The normalized spacial score (nSPS) is 11.3. The van der Waals surface area contributed by atoms with Gasteiger partial charge in [-0.05, 0) is 48.9 Å². The van der Waals surface area contributed by atoms with Crippen LogP contribution in [0.1, 0.15) is 30.1 Å². The molecule has 0 atom stereocenters. The van der Waals surface area contributed by atoms with Crippen molar-refractivity contribution in [1.82, 2.24) is 4.72 Å². The highest BCUT2D eigenvalue weighted by atomic mass is 35.5. The van der Waals surface area contributed by atoms with Crippen LogP contribution in [-0.2, 0) is 10.0 Å². The van der Waals surface area contributed by atoms with E-state index in [1.54, 1.807) is 6.07 Å². The van der Waals surface area contributed by atoms with Gasteiger partial charge in [-0.3, -0.25) is 4.79 Å². The maximum absolute atomic E-state index is 12.2. The molecule has 2 rings (SSSR count). The van der Waals surface area contributed by atoms with Gasteiger partial charge in [-0.2, -0.15) is 0 Å². The van der Waals surface area contributed by atoms with E-state index in [1.165, 1.54) is 36.4 Å². The third-order valence-electron chi connectivity index (χ3n) is 3.43. The van der Waals surface area contributed by atoms with E-state index in [-0.39, 0.29) is 15.8 Å². The van der Waals surface area contributed by atoms with Crippen molar-refractivity contribution in [3.8, 4) is 0 Å². The maximum Gasteiger partial charge on any atom is 0.255 e. The molecule has 0 unspecified atom stereocenters. The third-order valence-corrected chi connectivity index (χ3v) is 5.64. The van der Waals surface area contributed by atoms with Gasteiger partial charge in [-0.25, -0.2) is 13.1 Å². The molecule has 0 aromatic heterocycles. The number of unbranched alkanes of at least 4 members (excludes halogenated alkanes) is 1. The van der Waals surface area contributed by atoms with Crippen LogP contribution in [0.15, 0.2) is 47.4 Å². The molecule has 0 saturated carbocycles. The molecule has 134 valence electrons. The highest BCUT2D eigenvalue weighted by Crippen LogP contribution is 2.23. The van der Waals surface area contributed by atoms with Crippen LogP contribution in [0.5, 0.6) is 0 Å². The van der Waals surface area contributed by atoms with Gasteiger partial charge in [0.25, 0.3) is 5.91 Å². The Bertz CT molecular complexity index is 853. The van der Waals surface area contributed by atoms with E-state index in [2.05, 4.69) is 10.0 Å². The zero-order valence-electron chi connectivity index (χ0n) is 13.6. The standard InChI is InChI=1S/C17H18Cl2N2O3S/c1-2-3-10-20-25(23,24)14-7-5-13(6-8-14)21-17(22)12-4-9-15(18)16(19)11-12/h4-9,11,20H,2-3,10H2,1H3,(H,21,22). The number of nitrogens with one attached hydrogen (secondary N) is 2. The lowest BCUT2D eigenvalue weighted by Gasteiger charge is -2.09. The number of carbonyl (C=O) groups excluding carboxylic acids is 1. The number of halogens is 2. The summed E-state index contributed by atoms with van der Waals surface area (Å²) in [6.07, 6.45) is 1.68. The number of hydrogen-bond donors (Lipinski definition) is 2. The smallest absolute Gasteiger partial charge is 0.255 e. The molecule has 25 heavy (non-hydrogen) atoms. The molecule has 0 fully saturated rings. The zero-order valence-corrected chi connectivity index (χ0v) is 15.9. The fourth-order valence-corrected chi connectivity index (χ4v) is 3.40. The minimum atomic E-state index is -3.54. The van der Waals surface area contributed by atoms with Crippen LogP contribution in [0, 0.1) is 0 Å². The summed E-state index contributed by atoms with van der Waals surface area (Å²) in [6.45, 7) is 2.38. The van der Waals surface area contributed by atoms with E-state index < -0.39 is 10.0 Å². The lowest BCUT2D eigenvalue weighted by atomic mass is 10.2. The summed E-state index contributed by atoms with van der Waals surface area (Å²) in [4.78, 5) is 12.3. The maximum atomic E-state index is 12.2. The lowest BCUT2D eigenvalue weighted by Crippen LogP contribution is -2.24. The second kappa shape index (κ2) is 8.67. The van der Waals surface area contributed by atoms with Crippen LogP contribution < -0.4 is 10.0 Å². The molecule has 0 radical (unpaired) electrons. The van der Waals surface area contributed by atoms with E-state index in [9.17, 15) is 13.2 Å². The fraction of sp³-hybridized carbons (Fsp3) is 0.235. The molecule has 2 aromatic carbocycles. The first kappa shape index (κ1) is 19.7. The summed E-state index contributed by atoms with van der Waals surface area (Å²) in [5, 5.41) is 3.33. The Morgan fingerprint density at radius 3 is 2.32 bits per heavy atom. The highest BCUT2D eigenvalue weighted by molar-refractivity contribution is 7.89. The summed E-state index contributed by atoms with van der Waals surface area (Å²) < 4.78 is 26.7. The molecule has 1 amide bonds. The van der Waals surface area contributed by atoms with Crippen molar-refractivity contribution in [2.75, 3.05) is 11.9 Å². The molecule has 0 bridgehead atoms. The molecule has 2 N–H and O–H groups in total. The van der Waals surface area contributed by atoms with Gasteiger partial charge >= 0.3 is 0 Å². The van der Waals surface area contributed by atoms with Gasteiger partial charge in [0.1, 0.15) is 0 Å². The first-order chi connectivity index (χ1) is 11.8. The van der Waals surface area contributed by atoms with Gasteiger partial charge in [-0.15, -0.1) is 0 Å². The minimum Gasteiger partial charge on any atom is -0.322 e. The number of amides is 1. The molecule has 0 heterocycles. The van der Waals surface area contributed by atoms with Crippen LogP contribution in [0.25, 0.3) is 0 Å². The van der Waals surface area contributed by atoms with Gasteiger partial charge in [0.05, 0.1) is 14.9 Å². The Morgan fingerprint density at radius 2 is 1.72 bits per heavy atom.